The number of hydrogen-bond donors (Lipinski definition) is 1. The summed E-state index contributed by atoms with van der Waals surface area (Å²) >= 11 is 0. The molecule has 0 spiro atoms. The van der Waals surface area contributed by atoms with E-state index in [1.807, 2.05) is 0 Å². The second-order valence-electron chi connectivity index (χ2n) is 5.72. The summed E-state index contributed by atoms with van der Waals surface area (Å²) in [4.78, 5) is 18.7. The Hall–Kier alpha value is -1.58. The van der Waals surface area contributed by atoms with Crippen LogP contribution in [0.5, 0.6) is 0 Å². The van der Waals surface area contributed by atoms with Crippen molar-refractivity contribution in [2.75, 3.05) is 12.3 Å². The average molecular weight is 259 g/mol. The lowest BCUT2D eigenvalue weighted by Gasteiger charge is -2.29. The predicted octanol–water partition coefficient (Wildman–Crippen LogP) is 2.46. The maximum atomic E-state index is 12.7. The summed E-state index contributed by atoms with van der Waals surface area (Å²) < 4.78 is 0. The Morgan fingerprint density at radius 1 is 1.26 bits per heavy atom. The van der Waals surface area contributed by atoms with Crippen LogP contribution in [0.1, 0.15) is 48.9 Å². The molecule has 1 aromatic rings. The van der Waals surface area contributed by atoms with E-state index < -0.39 is 0 Å². The standard InChI is InChI=1S/C15H21N3O/c16-13-10-17-8-7-12(13)15(19)18-9-3-6-14(18)11-4-1-2-5-11/h7-8,10-11,14H,1-6,9,16H2. The van der Waals surface area contributed by atoms with Crippen molar-refractivity contribution in [1.82, 2.24) is 9.88 Å². The van der Waals surface area contributed by atoms with Crippen LogP contribution >= 0.6 is 0 Å². The summed E-state index contributed by atoms with van der Waals surface area (Å²) in [5.41, 5.74) is 6.98. The van der Waals surface area contributed by atoms with E-state index >= 15 is 0 Å². The minimum absolute atomic E-state index is 0.0919. The Morgan fingerprint density at radius 3 is 2.79 bits per heavy atom. The first-order chi connectivity index (χ1) is 9.27. The van der Waals surface area contributed by atoms with E-state index in [-0.39, 0.29) is 5.91 Å². The van der Waals surface area contributed by atoms with Gasteiger partial charge in [0.1, 0.15) is 0 Å². The van der Waals surface area contributed by atoms with Gasteiger partial charge < -0.3 is 10.6 Å². The number of amides is 1. The molecule has 4 nitrogen and oxygen atoms in total. The largest absolute Gasteiger partial charge is 0.397 e. The van der Waals surface area contributed by atoms with Crippen LogP contribution < -0.4 is 5.73 Å². The zero-order valence-electron chi connectivity index (χ0n) is 11.2. The lowest BCUT2D eigenvalue weighted by Crippen LogP contribution is -2.39. The van der Waals surface area contributed by atoms with Gasteiger partial charge in [-0.3, -0.25) is 9.78 Å². The fourth-order valence-corrected chi connectivity index (χ4v) is 3.63. The van der Waals surface area contributed by atoms with Gasteiger partial charge in [0.15, 0.2) is 0 Å². The molecule has 1 saturated heterocycles. The van der Waals surface area contributed by atoms with Gasteiger partial charge in [0, 0.05) is 18.8 Å². The van der Waals surface area contributed by atoms with E-state index in [0.717, 1.165) is 19.4 Å². The number of carbonyl (C=O) groups excluding carboxylic acids is 1. The molecule has 3 rings (SSSR count). The Labute approximate surface area is 114 Å². The third-order valence-corrected chi connectivity index (χ3v) is 4.59. The summed E-state index contributed by atoms with van der Waals surface area (Å²) in [6.07, 6.45) is 10.7. The molecule has 2 fully saturated rings. The highest BCUT2D eigenvalue weighted by Gasteiger charge is 2.36. The third-order valence-electron chi connectivity index (χ3n) is 4.59. The molecule has 1 amide bonds. The van der Waals surface area contributed by atoms with Crippen LogP contribution in [0.15, 0.2) is 18.5 Å². The smallest absolute Gasteiger partial charge is 0.256 e. The van der Waals surface area contributed by atoms with Crippen LogP contribution in [0.3, 0.4) is 0 Å². The molecule has 0 radical (unpaired) electrons. The minimum Gasteiger partial charge on any atom is -0.397 e. The van der Waals surface area contributed by atoms with Crippen molar-refractivity contribution < 1.29 is 4.79 Å². The van der Waals surface area contributed by atoms with Crippen LogP contribution in [0.4, 0.5) is 5.69 Å². The number of likely N-dealkylation sites (tertiary alicyclic amines) is 1. The Kier molecular flexibility index (Phi) is 3.40. The van der Waals surface area contributed by atoms with Crippen LogP contribution in [0, 0.1) is 5.92 Å². The van der Waals surface area contributed by atoms with E-state index in [1.54, 1.807) is 18.5 Å². The summed E-state index contributed by atoms with van der Waals surface area (Å²) in [5.74, 6) is 0.795. The molecule has 1 aliphatic heterocycles. The third kappa shape index (κ3) is 2.31. The summed E-state index contributed by atoms with van der Waals surface area (Å²) in [6, 6.07) is 2.17. The molecule has 2 heterocycles. The second kappa shape index (κ2) is 5.19. The maximum absolute atomic E-state index is 12.7. The predicted molar refractivity (Wildman–Crippen MR) is 74.7 cm³/mol. The number of pyridine rings is 1. The quantitative estimate of drug-likeness (QED) is 0.887. The van der Waals surface area contributed by atoms with Crippen molar-refractivity contribution in [1.29, 1.82) is 0 Å². The zero-order valence-corrected chi connectivity index (χ0v) is 11.2. The lowest BCUT2D eigenvalue weighted by atomic mass is 9.95. The number of aromatic nitrogens is 1. The van der Waals surface area contributed by atoms with E-state index in [4.69, 9.17) is 5.73 Å². The van der Waals surface area contributed by atoms with Gasteiger partial charge in [0.2, 0.25) is 0 Å². The van der Waals surface area contributed by atoms with Gasteiger partial charge in [-0.2, -0.15) is 0 Å². The van der Waals surface area contributed by atoms with Crippen LogP contribution in [0.25, 0.3) is 0 Å². The number of nitrogens with zero attached hydrogens (tertiary/aromatic N) is 2. The number of hydrogen-bond acceptors (Lipinski definition) is 3. The number of nitrogen functional groups attached to an aromatic ring is 1. The summed E-state index contributed by atoms with van der Waals surface area (Å²) in [6.45, 7) is 0.877. The molecule has 4 heteroatoms. The first-order valence-corrected chi connectivity index (χ1v) is 7.28. The van der Waals surface area contributed by atoms with Crippen molar-refractivity contribution in [2.24, 2.45) is 5.92 Å². The minimum atomic E-state index is 0.0919. The number of anilines is 1. The molecule has 2 aliphatic rings. The summed E-state index contributed by atoms with van der Waals surface area (Å²) in [5, 5.41) is 0. The van der Waals surface area contributed by atoms with Gasteiger partial charge >= 0.3 is 0 Å². The highest BCUT2D eigenvalue weighted by atomic mass is 16.2. The van der Waals surface area contributed by atoms with Crippen molar-refractivity contribution in [3.63, 3.8) is 0 Å². The molecule has 1 aromatic heterocycles. The van der Waals surface area contributed by atoms with Gasteiger partial charge in [0.05, 0.1) is 17.4 Å². The molecule has 102 valence electrons. The maximum Gasteiger partial charge on any atom is 0.256 e. The second-order valence-corrected chi connectivity index (χ2v) is 5.72. The van der Waals surface area contributed by atoms with E-state index in [1.165, 1.54) is 25.7 Å². The topological polar surface area (TPSA) is 59.2 Å². The van der Waals surface area contributed by atoms with E-state index in [2.05, 4.69) is 9.88 Å². The van der Waals surface area contributed by atoms with Crippen LogP contribution in [-0.2, 0) is 0 Å². The zero-order chi connectivity index (χ0) is 13.2. The Bertz CT molecular complexity index is 468. The molecule has 1 saturated carbocycles. The van der Waals surface area contributed by atoms with Gasteiger partial charge in [-0.1, -0.05) is 12.8 Å². The van der Waals surface area contributed by atoms with Gasteiger partial charge in [-0.25, -0.2) is 0 Å². The SMILES string of the molecule is Nc1cnccc1C(=O)N1CCCC1C1CCCC1. The lowest BCUT2D eigenvalue weighted by molar-refractivity contribution is 0.0690. The number of carbonyl (C=O) groups is 1. The van der Waals surface area contributed by atoms with Gasteiger partial charge in [-0.15, -0.1) is 0 Å². The highest BCUT2D eigenvalue weighted by molar-refractivity contribution is 5.99. The molecule has 1 aliphatic carbocycles. The van der Waals surface area contributed by atoms with Gasteiger partial charge in [0.25, 0.3) is 5.91 Å². The molecule has 0 aromatic carbocycles. The fourth-order valence-electron chi connectivity index (χ4n) is 3.63. The summed E-state index contributed by atoms with van der Waals surface area (Å²) in [7, 11) is 0. The Morgan fingerprint density at radius 2 is 2.05 bits per heavy atom. The van der Waals surface area contributed by atoms with Crippen molar-refractivity contribution in [3.05, 3.63) is 24.0 Å². The molecule has 1 unspecified atom stereocenters. The first kappa shape index (κ1) is 12.5. The molecule has 1 atom stereocenters. The molecule has 0 bridgehead atoms. The van der Waals surface area contributed by atoms with E-state index in [9.17, 15) is 4.79 Å². The monoisotopic (exact) mass is 259 g/mol. The fraction of sp³-hybridized carbons (Fsp3) is 0.600. The normalized spacial score (nSPS) is 24.0. The van der Waals surface area contributed by atoms with Crippen LogP contribution in [-0.4, -0.2) is 28.4 Å². The highest BCUT2D eigenvalue weighted by Crippen LogP contribution is 2.36. The number of rotatable bonds is 2. The molecular formula is C15H21N3O. The average Bonchev–Trinajstić information content (AvgIpc) is 3.09. The van der Waals surface area contributed by atoms with Crippen LogP contribution in [0.2, 0.25) is 0 Å². The number of nitrogens with two attached hydrogens (primary N) is 1. The van der Waals surface area contributed by atoms with Crippen molar-refractivity contribution >= 4 is 11.6 Å². The molecule has 2 N–H and O–H groups in total. The van der Waals surface area contributed by atoms with Crippen molar-refractivity contribution in [3.8, 4) is 0 Å². The van der Waals surface area contributed by atoms with Crippen molar-refractivity contribution in [2.45, 2.75) is 44.6 Å². The Balaban J connectivity index is 1.80. The van der Waals surface area contributed by atoms with E-state index in [0.29, 0.717) is 23.2 Å². The molecule has 19 heavy (non-hydrogen) atoms. The molecular weight excluding hydrogens is 238 g/mol. The van der Waals surface area contributed by atoms with Gasteiger partial charge in [-0.05, 0) is 37.7 Å². The first-order valence-electron chi connectivity index (χ1n) is 7.28.